The molecule has 0 saturated carbocycles. The molecular weight excluding hydrogens is 264 g/mol. The summed E-state index contributed by atoms with van der Waals surface area (Å²) in [5.41, 5.74) is -0.445. The summed E-state index contributed by atoms with van der Waals surface area (Å²) in [6.07, 6.45) is 5.09. The summed E-state index contributed by atoms with van der Waals surface area (Å²) in [5, 5.41) is 22.5. The highest BCUT2D eigenvalue weighted by molar-refractivity contribution is 5.98. The van der Waals surface area contributed by atoms with Gasteiger partial charge in [0.05, 0.1) is 17.2 Å². The van der Waals surface area contributed by atoms with Crippen molar-refractivity contribution >= 4 is 23.7 Å². The number of hydrogen-bond acceptors (Lipinski definition) is 3. The van der Waals surface area contributed by atoms with Crippen molar-refractivity contribution in [1.82, 2.24) is 5.32 Å². The van der Waals surface area contributed by atoms with E-state index in [-0.39, 0.29) is 16.8 Å². The predicted molar refractivity (Wildman–Crippen MR) is 70.8 cm³/mol. The highest BCUT2D eigenvalue weighted by Crippen LogP contribution is 2.15. The summed E-state index contributed by atoms with van der Waals surface area (Å²) in [7, 11) is 0. The molecule has 104 valence electrons. The molecule has 0 fully saturated rings. The van der Waals surface area contributed by atoms with Gasteiger partial charge in [-0.1, -0.05) is 5.92 Å². The van der Waals surface area contributed by atoms with E-state index in [4.69, 9.17) is 16.6 Å². The molecule has 2 amide bonds. The number of carbonyl (C=O) groups excluding carboxylic acids is 1. The zero-order valence-electron chi connectivity index (χ0n) is 10.5. The minimum atomic E-state index is -1.30. The molecule has 7 heteroatoms. The van der Waals surface area contributed by atoms with Crippen molar-refractivity contribution in [2.75, 3.05) is 5.32 Å². The van der Waals surface area contributed by atoms with Gasteiger partial charge < -0.3 is 20.8 Å². The Balaban J connectivity index is 3.00. The van der Waals surface area contributed by atoms with Crippen molar-refractivity contribution < 1.29 is 24.6 Å². The van der Waals surface area contributed by atoms with Crippen LogP contribution in [0.15, 0.2) is 18.2 Å². The number of amides is 2. The molecule has 4 N–H and O–H groups in total. The van der Waals surface area contributed by atoms with E-state index >= 15 is 0 Å². The fourth-order valence-corrected chi connectivity index (χ4v) is 1.35. The third-order valence-electron chi connectivity index (χ3n) is 2.28. The van der Waals surface area contributed by atoms with Crippen LogP contribution < -0.4 is 10.6 Å². The van der Waals surface area contributed by atoms with Crippen LogP contribution in [-0.2, 0) is 0 Å². The lowest BCUT2D eigenvalue weighted by molar-refractivity contribution is 0.0696. The van der Waals surface area contributed by atoms with Gasteiger partial charge in [0.15, 0.2) is 0 Å². The summed E-state index contributed by atoms with van der Waals surface area (Å²) in [6.45, 7) is 1.58. The first-order chi connectivity index (χ1) is 9.33. The highest BCUT2D eigenvalue weighted by Gasteiger charge is 2.13. The second-order valence-corrected chi connectivity index (χ2v) is 3.90. The quantitative estimate of drug-likeness (QED) is 0.617. The van der Waals surface area contributed by atoms with Gasteiger partial charge in [0, 0.05) is 5.69 Å². The van der Waals surface area contributed by atoms with Crippen molar-refractivity contribution in [2.24, 2.45) is 0 Å². The fourth-order valence-electron chi connectivity index (χ4n) is 1.35. The van der Waals surface area contributed by atoms with Gasteiger partial charge in [-0.2, -0.15) is 0 Å². The molecule has 1 aromatic carbocycles. The Labute approximate surface area is 114 Å². The molecule has 0 aliphatic heterocycles. The Hall–Kier alpha value is -3.01. The van der Waals surface area contributed by atoms with E-state index in [0.717, 1.165) is 18.2 Å². The average molecular weight is 276 g/mol. The summed E-state index contributed by atoms with van der Waals surface area (Å²) in [5.74, 6) is -0.315. The summed E-state index contributed by atoms with van der Waals surface area (Å²) < 4.78 is 0. The standard InChI is InChI=1S/C13H12N2O5/c1-3-7(2)14-13(20)15-10-5-8(11(16)17)4-9(6-10)12(18)19/h1,4-7H,2H3,(H,16,17)(H,18,19)(H2,14,15,20). The molecule has 20 heavy (non-hydrogen) atoms. The molecule has 1 unspecified atom stereocenters. The van der Waals surface area contributed by atoms with Crippen LogP contribution in [0, 0.1) is 12.3 Å². The maximum atomic E-state index is 11.5. The molecule has 1 aromatic rings. The number of carboxylic acid groups (broad SMARTS) is 2. The summed E-state index contributed by atoms with van der Waals surface area (Å²) in [4.78, 5) is 33.3. The smallest absolute Gasteiger partial charge is 0.335 e. The molecule has 7 nitrogen and oxygen atoms in total. The Bertz CT molecular complexity index is 571. The van der Waals surface area contributed by atoms with E-state index in [9.17, 15) is 14.4 Å². The first-order valence-electron chi connectivity index (χ1n) is 5.49. The van der Waals surface area contributed by atoms with Crippen LogP contribution in [0.4, 0.5) is 10.5 Å². The van der Waals surface area contributed by atoms with Gasteiger partial charge in [-0.25, -0.2) is 14.4 Å². The van der Waals surface area contributed by atoms with Crippen molar-refractivity contribution in [1.29, 1.82) is 0 Å². The summed E-state index contributed by atoms with van der Waals surface area (Å²) >= 11 is 0. The maximum Gasteiger partial charge on any atom is 0.335 e. The number of carbonyl (C=O) groups is 3. The van der Waals surface area contributed by atoms with E-state index < -0.39 is 24.0 Å². The first-order valence-corrected chi connectivity index (χ1v) is 5.49. The van der Waals surface area contributed by atoms with E-state index in [2.05, 4.69) is 16.6 Å². The molecule has 1 atom stereocenters. The van der Waals surface area contributed by atoms with Crippen LogP contribution in [-0.4, -0.2) is 34.2 Å². The molecule has 0 aliphatic rings. The van der Waals surface area contributed by atoms with E-state index in [1.54, 1.807) is 6.92 Å². The minimum Gasteiger partial charge on any atom is -0.478 e. The Morgan fingerprint density at radius 1 is 1.15 bits per heavy atom. The molecule has 0 saturated heterocycles. The second kappa shape index (κ2) is 6.24. The SMILES string of the molecule is C#CC(C)NC(=O)Nc1cc(C(=O)O)cc(C(=O)O)c1. The van der Waals surface area contributed by atoms with Crippen molar-refractivity contribution in [3.8, 4) is 12.3 Å². The summed E-state index contributed by atoms with van der Waals surface area (Å²) in [6, 6.07) is 2.12. The molecule has 0 heterocycles. The first kappa shape index (κ1) is 15.0. The van der Waals surface area contributed by atoms with Gasteiger partial charge in [0.2, 0.25) is 0 Å². The zero-order chi connectivity index (χ0) is 15.3. The van der Waals surface area contributed by atoms with E-state index in [1.165, 1.54) is 0 Å². The number of terminal acetylenes is 1. The lowest BCUT2D eigenvalue weighted by Gasteiger charge is -2.10. The number of nitrogens with one attached hydrogen (secondary N) is 2. The van der Waals surface area contributed by atoms with Crippen LogP contribution in [0.5, 0.6) is 0 Å². The molecular formula is C13H12N2O5. The van der Waals surface area contributed by atoms with Crippen molar-refractivity contribution in [3.63, 3.8) is 0 Å². The fraction of sp³-hybridized carbons (Fsp3) is 0.154. The van der Waals surface area contributed by atoms with Gasteiger partial charge in [-0.3, -0.25) is 0 Å². The molecule has 0 radical (unpaired) electrons. The Kier molecular flexibility index (Phi) is 4.70. The third kappa shape index (κ3) is 4.03. The largest absolute Gasteiger partial charge is 0.478 e. The number of rotatable bonds is 4. The number of anilines is 1. The van der Waals surface area contributed by atoms with Crippen LogP contribution in [0.2, 0.25) is 0 Å². The minimum absolute atomic E-state index is 0.0454. The second-order valence-electron chi connectivity index (χ2n) is 3.90. The van der Waals surface area contributed by atoms with Crippen LogP contribution in [0.1, 0.15) is 27.6 Å². The molecule has 0 aromatic heterocycles. The van der Waals surface area contributed by atoms with E-state index in [0.29, 0.717) is 0 Å². The van der Waals surface area contributed by atoms with Gasteiger partial charge >= 0.3 is 18.0 Å². The number of aromatic carboxylic acids is 2. The highest BCUT2D eigenvalue weighted by atomic mass is 16.4. The lowest BCUT2D eigenvalue weighted by Crippen LogP contribution is -2.35. The van der Waals surface area contributed by atoms with Gasteiger partial charge in [0.1, 0.15) is 0 Å². The normalized spacial score (nSPS) is 11.0. The maximum absolute atomic E-state index is 11.5. The number of carboxylic acids is 2. The molecule has 1 rings (SSSR count). The number of hydrogen-bond donors (Lipinski definition) is 4. The zero-order valence-corrected chi connectivity index (χ0v) is 10.5. The Morgan fingerprint density at radius 3 is 2.05 bits per heavy atom. The topological polar surface area (TPSA) is 116 Å². The number of benzene rings is 1. The molecule has 0 spiro atoms. The Morgan fingerprint density at radius 2 is 1.65 bits per heavy atom. The number of urea groups is 1. The van der Waals surface area contributed by atoms with Crippen LogP contribution in [0.25, 0.3) is 0 Å². The van der Waals surface area contributed by atoms with Crippen molar-refractivity contribution in [2.45, 2.75) is 13.0 Å². The van der Waals surface area contributed by atoms with Gasteiger partial charge in [0.25, 0.3) is 0 Å². The average Bonchev–Trinajstić information content (AvgIpc) is 2.37. The van der Waals surface area contributed by atoms with Crippen LogP contribution >= 0.6 is 0 Å². The lowest BCUT2D eigenvalue weighted by atomic mass is 10.1. The molecule has 0 aliphatic carbocycles. The van der Waals surface area contributed by atoms with Gasteiger partial charge in [-0.05, 0) is 25.1 Å². The third-order valence-corrected chi connectivity index (χ3v) is 2.28. The molecule has 0 bridgehead atoms. The van der Waals surface area contributed by atoms with Crippen LogP contribution in [0.3, 0.4) is 0 Å². The predicted octanol–water partition coefficient (Wildman–Crippen LogP) is 1.23. The van der Waals surface area contributed by atoms with E-state index in [1.807, 2.05) is 0 Å². The monoisotopic (exact) mass is 276 g/mol. The van der Waals surface area contributed by atoms with Crippen molar-refractivity contribution in [3.05, 3.63) is 29.3 Å². The van der Waals surface area contributed by atoms with Gasteiger partial charge in [-0.15, -0.1) is 6.42 Å².